The number of carbonyl (C=O) groups excluding carboxylic acids is 2. The summed E-state index contributed by atoms with van der Waals surface area (Å²) in [4.78, 5) is 27.1. The molecule has 0 N–H and O–H groups in total. The van der Waals surface area contributed by atoms with Gasteiger partial charge in [0.05, 0.1) is 24.1 Å². The summed E-state index contributed by atoms with van der Waals surface area (Å²) in [6.07, 6.45) is 9.72. The first-order valence-electron chi connectivity index (χ1n) is 11.5. The zero-order valence-electron chi connectivity index (χ0n) is 19.9. The number of methoxy groups -OCH3 is 1. The number of Topliss-reactive ketones (excluding diaryl/α,β-unsaturated/α-hetero) is 1. The quantitative estimate of drug-likeness (QED) is 0.255. The molecule has 172 valence electrons. The molecule has 1 atom stereocenters. The molecule has 1 aromatic rings. The van der Waals surface area contributed by atoms with Crippen molar-refractivity contribution in [3.63, 3.8) is 0 Å². The van der Waals surface area contributed by atoms with E-state index in [9.17, 15) is 14.9 Å². The van der Waals surface area contributed by atoms with E-state index in [1.165, 1.54) is 12.0 Å². The molecule has 1 amide bonds. The van der Waals surface area contributed by atoms with E-state index in [1.807, 2.05) is 12.1 Å². The number of ketones is 1. The lowest BCUT2D eigenvalue weighted by molar-refractivity contribution is -0.116. The van der Waals surface area contributed by atoms with Gasteiger partial charge in [-0.1, -0.05) is 59.1 Å². The minimum Gasteiger partial charge on any atom is -0.495 e. The van der Waals surface area contributed by atoms with Crippen molar-refractivity contribution < 1.29 is 14.3 Å². The highest BCUT2D eigenvalue weighted by molar-refractivity contribution is 7.78. The number of benzene rings is 1. The summed E-state index contributed by atoms with van der Waals surface area (Å²) in [5, 5.41) is 10.6. The van der Waals surface area contributed by atoms with Crippen LogP contribution in [0.3, 0.4) is 0 Å². The van der Waals surface area contributed by atoms with Gasteiger partial charge >= 0.3 is 0 Å². The maximum Gasteiger partial charge on any atom is 0.214 e. The van der Waals surface area contributed by atoms with Crippen LogP contribution in [0.4, 0.5) is 5.69 Å². The Morgan fingerprint density at radius 2 is 1.61 bits per heavy atom. The van der Waals surface area contributed by atoms with Crippen molar-refractivity contribution in [1.82, 2.24) is 0 Å². The van der Waals surface area contributed by atoms with Gasteiger partial charge in [0.1, 0.15) is 11.8 Å². The average Bonchev–Trinajstić information content (AvgIpc) is 2.80. The van der Waals surface area contributed by atoms with E-state index < -0.39 is 12.9 Å². The molecule has 1 rings (SSSR count). The molecule has 1 unspecified atom stereocenters. The van der Waals surface area contributed by atoms with Crippen LogP contribution >= 0.6 is 6.89 Å². The molecule has 0 spiro atoms. The zero-order chi connectivity index (χ0) is 23.3. The largest absolute Gasteiger partial charge is 0.495 e. The lowest BCUT2D eigenvalue weighted by Crippen LogP contribution is -2.42. The van der Waals surface area contributed by atoms with E-state index in [2.05, 4.69) is 26.8 Å². The number of para-hydroxylation sites is 2. The summed E-state index contributed by atoms with van der Waals surface area (Å²) in [6, 6.07) is 8.75. The highest BCUT2D eigenvalue weighted by Crippen LogP contribution is 2.52. The second-order valence-electron chi connectivity index (χ2n) is 8.06. The fourth-order valence-electron chi connectivity index (χ4n) is 3.97. The monoisotopic (exact) mass is 446 g/mol. The van der Waals surface area contributed by atoms with Crippen molar-refractivity contribution in [2.75, 3.05) is 30.5 Å². The van der Waals surface area contributed by atoms with Crippen molar-refractivity contribution in [2.24, 2.45) is 0 Å². The molecule has 0 fully saturated rings. The normalized spacial score (nSPS) is 12.0. The van der Waals surface area contributed by atoms with Crippen molar-refractivity contribution in [3.8, 4) is 11.8 Å². The lowest BCUT2D eigenvalue weighted by Gasteiger charge is -2.31. The van der Waals surface area contributed by atoms with Crippen LogP contribution in [-0.2, 0) is 9.59 Å². The molecule has 31 heavy (non-hydrogen) atoms. The predicted molar refractivity (Wildman–Crippen MR) is 133 cm³/mol. The summed E-state index contributed by atoms with van der Waals surface area (Å²) in [5.74, 6) is 0.314. The maximum atomic E-state index is 13.7. The van der Waals surface area contributed by atoms with Crippen LogP contribution in [0.2, 0.25) is 0 Å². The van der Waals surface area contributed by atoms with Gasteiger partial charge in [0, 0.05) is 0 Å². The molecule has 0 aliphatic rings. The summed E-state index contributed by atoms with van der Waals surface area (Å²) in [7, 11) is 1.54. The summed E-state index contributed by atoms with van der Waals surface area (Å²) in [5.41, 5.74) is 0.540. The average molecular weight is 447 g/mol. The summed E-state index contributed by atoms with van der Waals surface area (Å²) in [6.45, 7) is 6.28. The summed E-state index contributed by atoms with van der Waals surface area (Å²) < 4.78 is 5.39. The number of nitriles is 1. The van der Waals surface area contributed by atoms with Crippen LogP contribution in [0.25, 0.3) is 0 Å². The Hall–Kier alpha value is -2.05. The maximum absolute atomic E-state index is 13.7. The number of unbranched alkanes of at least 4 members (excludes halogenated alkanes) is 3. The zero-order valence-corrected chi connectivity index (χ0v) is 20.8. The number of nitrogens with zero attached hydrogens (tertiary/aromatic N) is 2. The van der Waals surface area contributed by atoms with Gasteiger partial charge in [-0.15, -0.1) is 0 Å². The Labute approximate surface area is 188 Å². The molecular weight excluding hydrogens is 407 g/mol. The van der Waals surface area contributed by atoms with E-state index in [0.29, 0.717) is 23.1 Å². The lowest BCUT2D eigenvalue weighted by atomic mass is 10.1. The highest BCUT2D eigenvalue weighted by atomic mass is 31.2. The minimum absolute atomic E-state index is 0.211. The van der Waals surface area contributed by atoms with Crippen molar-refractivity contribution >= 4 is 30.1 Å². The molecule has 5 nitrogen and oxygen atoms in total. The first kappa shape index (κ1) is 27.0. The minimum atomic E-state index is -1.89. The van der Waals surface area contributed by atoms with Crippen molar-refractivity contribution in [1.29, 1.82) is 5.26 Å². The van der Waals surface area contributed by atoms with Gasteiger partial charge in [-0.25, -0.2) is 0 Å². The van der Waals surface area contributed by atoms with Crippen LogP contribution in [0.15, 0.2) is 24.3 Å². The molecule has 0 aliphatic heterocycles. The fraction of sp³-hybridized carbons (Fsp3) is 0.600. The van der Waals surface area contributed by atoms with Crippen LogP contribution in [0, 0.1) is 11.3 Å². The number of hydrogen-bond donors (Lipinski definition) is 0. The van der Waals surface area contributed by atoms with Crippen LogP contribution < -0.4 is 9.64 Å². The molecule has 0 heterocycles. The molecule has 0 bridgehead atoms. The SMILES string of the molecule is CCCCP(CCCC)(CCCC)=C(C#N)C(=O)C(C)N(C=O)c1ccccc1OC. The van der Waals surface area contributed by atoms with E-state index >= 15 is 0 Å². The Kier molecular flexibility index (Phi) is 12.3. The van der Waals surface area contributed by atoms with Gasteiger partial charge < -0.3 is 9.64 Å². The van der Waals surface area contributed by atoms with Crippen molar-refractivity contribution in [2.45, 2.75) is 72.3 Å². The van der Waals surface area contributed by atoms with Gasteiger partial charge in [-0.05, 0) is 56.8 Å². The van der Waals surface area contributed by atoms with Crippen molar-refractivity contribution in [3.05, 3.63) is 24.3 Å². The van der Waals surface area contributed by atoms with Gasteiger partial charge in [-0.3, -0.25) is 9.59 Å². The molecule has 6 heteroatoms. The molecule has 0 saturated heterocycles. The first-order chi connectivity index (χ1) is 15.0. The number of amides is 1. The van der Waals surface area contributed by atoms with E-state index in [1.54, 1.807) is 19.1 Å². The molecular formula is C25H39N2O3P. The smallest absolute Gasteiger partial charge is 0.214 e. The fourth-order valence-corrected chi connectivity index (χ4v) is 8.94. The standard InChI is InChI=1S/C25H39N2O3P/c1-6-9-16-31(17-10-7-2,18-11-8-3)24(19-26)25(29)21(4)27(20-28)22-14-12-13-15-23(22)30-5/h12-15,20-21H,6-11,16-18H2,1-5H3. The van der Waals surface area contributed by atoms with E-state index in [-0.39, 0.29) is 5.78 Å². The molecule has 0 saturated carbocycles. The van der Waals surface area contributed by atoms with Crippen LogP contribution in [0.5, 0.6) is 5.75 Å². The third-order valence-electron chi connectivity index (χ3n) is 5.91. The Morgan fingerprint density at radius 3 is 2.03 bits per heavy atom. The molecule has 0 aliphatic carbocycles. The second-order valence-corrected chi connectivity index (χ2v) is 12.1. The number of rotatable bonds is 15. The Balaban J connectivity index is 3.54. The van der Waals surface area contributed by atoms with Gasteiger partial charge in [0.25, 0.3) is 0 Å². The number of anilines is 1. The van der Waals surface area contributed by atoms with Gasteiger partial charge in [0.15, 0.2) is 5.78 Å². The van der Waals surface area contributed by atoms with E-state index in [0.717, 1.165) is 57.0 Å². The van der Waals surface area contributed by atoms with Crippen LogP contribution in [-0.4, -0.2) is 49.1 Å². The second kappa shape index (κ2) is 14.1. The van der Waals surface area contributed by atoms with E-state index in [4.69, 9.17) is 4.74 Å². The molecule has 1 aromatic carbocycles. The van der Waals surface area contributed by atoms with Crippen LogP contribution in [0.1, 0.15) is 66.2 Å². The first-order valence-corrected chi connectivity index (χ1v) is 13.8. The third-order valence-corrected chi connectivity index (χ3v) is 10.7. The molecule has 0 radical (unpaired) electrons. The number of hydrogen-bond acceptors (Lipinski definition) is 4. The highest BCUT2D eigenvalue weighted by Gasteiger charge is 2.32. The Morgan fingerprint density at radius 1 is 1.10 bits per heavy atom. The number of ether oxygens (including phenoxy) is 1. The van der Waals surface area contributed by atoms with Gasteiger partial charge in [0.2, 0.25) is 6.41 Å². The number of carbonyl (C=O) groups is 2. The third kappa shape index (κ3) is 6.97. The summed E-state index contributed by atoms with van der Waals surface area (Å²) >= 11 is 0. The topological polar surface area (TPSA) is 70.4 Å². The molecule has 0 aromatic heterocycles. The Bertz CT molecular complexity index is 785. The predicted octanol–water partition coefficient (Wildman–Crippen LogP) is 5.73. The van der Waals surface area contributed by atoms with Gasteiger partial charge in [-0.2, -0.15) is 5.26 Å².